The molecule has 2 saturated heterocycles. The van der Waals surface area contributed by atoms with E-state index in [4.69, 9.17) is 20.3 Å². The minimum atomic E-state index is -0.551. The van der Waals surface area contributed by atoms with Gasteiger partial charge >= 0.3 is 0 Å². The minimum Gasteiger partial charge on any atom is -0.457 e. The van der Waals surface area contributed by atoms with E-state index in [1.807, 2.05) is 6.92 Å². The first-order chi connectivity index (χ1) is 18.0. The van der Waals surface area contributed by atoms with E-state index in [-0.39, 0.29) is 35.2 Å². The van der Waals surface area contributed by atoms with Gasteiger partial charge in [0.1, 0.15) is 47.2 Å². The van der Waals surface area contributed by atoms with Gasteiger partial charge < -0.3 is 15.2 Å². The maximum absolute atomic E-state index is 15.3. The van der Waals surface area contributed by atoms with Crippen molar-refractivity contribution in [2.75, 3.05) is 18.8 Å². The van der Waals surface area contributed by atoms with Gasteiger partial charge in [-0.05, 0) is 43.5 Å². The molecule has 2 fully saturated rings. The van der Waals surface area contributed by atoms with Gasteiger partial charge in [-0.2, -0.15) is 5.10 Å². The molecule has 0 bridgehead atoms. The van der Waals surface area contributed by atoms with E-state index < -0.39 is 11.6 Å². The van der Waals surface area contributed by atoms with Gasteiger partial charge in [-0.15, -0.1) is 5.92 Å². The molecule has 0 radical (unpaired) electrons. The first-order valence-electron chi connectivity index (χ1n) is 12.0. The number of likely N-dealkylation sites (tertiary alicyclic amines) is 1. The number of nitrogen functional groups attached to an aromatic ring is 1. The van der Waals surface area contributed by atoms with Gasteiger partial charge in [0, 0.05) is 37.3 Å². The molecule has 2 unspecified atom stereocenters. The number of benzene rings is 2. The third kappa shape index (κ3) is 4.59. The van der Waals surface area contributed by atoms with E-state index in [0.717, 1.165) is 19.5 Å². The van der Waals surface area contributed by atoms with Crippen molar-refractivity contribution < 1.29 is 18.3 Å². The van der Waals surface area contributed by atoms with E-state index in [9.17, 15) is 4.39 Å². The molecular formula is C27H24F2N6O2. The molecule has 10 heteroatoms. The third-order valence-corrected chi connectivity index (χ3v) is 6.65. The summed E-state index contributed by atoms with van der Waals surface area (Å²) >= 11 is 0. The van der Waals surface area contributed by atoms with Gasteiger partial charge in [0.15, 0.2) is 11.8 Å². The lowest BCUT2D eigenvalue weighted by molar-refractivity contribution is 0.202. The van der Waals surface area contributed by atoms with Crippen LogP contribution in [0.2, 0.25) is 0 Å². The molecule has 188 valence electrons. The number of epoxide rings is 1. The van der Waals surface area contributed by atoms with Crippen LogP contribution in [0.1, 0.15) is 13.3 Å². The van der Waals surface area contributed by atoms with Crippen molar-refractivity contribution in [3.63, 3.8) is 0 Å². The Morgan fingerprint density at radius 1 is 1.16 bits per heavy atom. The Bertz CT molecular complexity index is 1550. The van der Waals surface area contributed by atoms with E-state index in [1.165, 1.54) is 30.6 Å². The second-order valence-corrected chi connectivity index (χ2v) is 9.18. The molecular weight excluding hydrogens is 478 g/mol. The highest BCUT2D eigenvalue weighted by Gasteiger charge is 2.45. The Morgan fingerprint density at radius 3 is 2.84 bits per heavy atom. The summed E-state index contributed by atoms with van der Waals surface area (Å²) in [5, 5.41) is 5.23. The van der Waals surface area contributed by atoms with Gasteiger partial charge in [-0.1, -0.05) is 12.0 Å². The molecule has 0 saturated carbocycles. The fraction of sp³-hybridized carbons (Fsp3) is 0.296. The highest BCUT2D eigenvalue weighted by molar-refractivity contribution is 5.98. The average Bonchev–Trinajstić information content (AvgIpc) is 3.31. The third-order valence-electron chi connectivity index (χ3n) is 6.65. The fourth-order valence-corrected chi connectivity index (χ4v) is 4.88. The fourth-order valence-electron chi connectivity index (χ4n) is 4.88. The predicted molar refractivity (Wildman–Crippen MR) is 133 cm³/mol. The zero-order valence-electron chi connectivity index (χ0n) is 20.1. The second kappa shape index (κ2) is 9.42. The Morgan fingerprint density at radius 2 is 2.03 bits per heavy atom. The lowest BCUT2D eigenvalue weighted by atomic mass is 10.1. The zero-order chi connectivity index (χ0) is 25.5. The smallest absolute Gasteiger partial charge is 0.163 e. The molecule has 6 rings (SSSR count). The Balaban J connectivity index is 1.27. The first kappa shape index (κ1) is 23.3. The van der Waals surface area contributed by atoms with Crippen LogP contribution in [0, 0.1) is 29.4 Å². The topological polar surface area (TPSA) is 94.6 Å². The molecule has 2 aliphatic rings. The number of hydrogen-bond donors (Lipinski definition) is 1. The van der Waals surface area contributed by atoms with Crippen molar-refractivity contribution in [3.05, 3.63) is 60.4 Å². The van der Waals surface area contributed by atoms with Gasteiger partial charge in [0.2, 0.25) is 0 Å². The van der Waals surface area contributed by atoms with Crippen LogP contribution in [0.3, 0.4) is 0 Å². The van der Waals surface area contributed by atoms with Crippen molar-refractivity contribution in [3.8, 4) is 34.6 Å². The summed E-state index contributed by atoms with van der Waals surface area (Å²) in [6, 6.07) is 10.1. The van der Waals surface area contributed by atoms with E-state index >= 15 is 4.39 Å². The van der Waals surface area contributed by atoms with Gasteiger partial charge in [-0.25, -0.2) is 23.4 Å². The van der Waals surface area contributed by atoms with Crippen LogP contribution >= 0.6 is 0 Å². The van der Waals surface area contributed by atoms with Crippen molar-refractivity contribution >= 4 is 16.9 Å². The molecule has 8 nitrogen and oxygen atoms in total. The Kier molecular flexibility index (Phi) is 5.94. The van der Waals surface area contributed by atoms with E-state index in [2.05, 4.69) is 26.7 Å². The van der Waals surface area contributed by atoms with Crippen molar-refractivity contribution in [1.82, 2.24) is 24.6 Å². The SMILES string of the molecule is CC#CC1OC1N1CC[C@@H](Cn2nc(-c3ccc(Oc4cccc(F)c4)cc3F)c3c(N)ncnc32)C1. The van der Waals surface area contributed by atoms with Gasteiger partial charge in [-0.3, -0.25) is 4.90 Å². The highest BCUT2D eigenvalue weighted by Crippen LogP contribution is 2.36. The van der Waals surface area contributed by atoms with Crippen LogP contribution in [0.25, 0.3) is 22.3 Å². The molecule has 2 aromatic heterocycles. The number of halogens is 2. The summed E-state index contributed by atoms with van der Waals surface area (Å²) in [5.41, 5.74) is 7.36. The quantitative estimate of drug-likeness (QED) is 0.312. The van der Waals surface area contributed by atoms with Crippen LogP contribution in [0.15, 0.2) is 48.8 Å². The highest BCUT2D eigenvalue weighted by atomic mass is 19.1. The molecule has 0 aliphatic carbocycles. The minimum absolute atomic E-state index is 0.00994. The summed E-state index contributed by atoms with van der Waals surface area (Å²) in [5.74, 6) is 6.03. The van der Waals surface area contributed by atoms with E-state index in [1.54, 1.807) is 22.9 Å². The van der Waals surface area contributed by atoms with Gasteiger partial charge in [0.25, 0.3) is 0 Å². The number of aromatic nitrogens is 4. The second-order valence-electron chi connectivity index (χ2n) is 9.18. The van der Waals surface area contributed by atoms with Crippen molar-refractivity contribution in [2.45, 2.75) is 32.2 Å². The molecule has 2 aromatic carbocycles. The van der Waals surface area contributed by atoms with Crippen LogP contribution in [-0.2, 0) is 11.3 Å². The predicted octanol–water partition coefficient (Wildman–Crippen LogP) is 4.22. The number of ether oxygens (including phenoxy) is 2. The summed E-state index contributed by atoms with van der Waals surface area (Å²) in [7, 11) is 0. The standard InChI is InChI=1S/C27H24F2N6O2/c1-2-4-22-27(37-22)34-10-9-16(13-34)14-35-26-23(25(30)31-15-32-26)24(33-35)20-8-7-19(12-21(20)29)36-18-6-3-5-17(28)11-18/h3,5-8,11-12,15-16,22,27H,9-10,13-14H2,1H3,(H2,30,31,32)/t16-,22?,27?/m1/s1. The van der Waals surface area contributed by atoms with Crippen molar-refractivity contribution in [2.24, 2.45) is 5.92 Å². The van der Waals surface area contributed by atoms with Crippen molar-refractivity contribution in [1.29, 1.82) is 0 Å². The summed E-state index contributed by atoms with van der Waals surface area (Å²) in [4.78, 5) is 10.8. The monoisotopic (exact) mass is 502 g/mol. The molecule has 2 aliphatic heterocycles. The largest absolute Gasteiger partial charge is 0.457 e. The average molecular weight is 503 g/mol. The number of rotatable bonds is 6. The lowest BCUT2D eigenvalue weighted by Gasteiger charge is -2.13. The first-order valence-corrected chi connectivity index (χ1v) is 12.0. The number of hydrogen-bond acceptors (Lipinski definition) is 7. The van der Waals surface area contributed by atoms with Crippen LogP contribution in [-0.4, -0.2) is 50.1 Å². The summed E-state index contributed by atoms with van der Waals surface area (Å²) < 4.78 is 41.9. The van der Waals surface area contributed by atoms with Crippen LogP contribution < -0.4 is 10.5 Å². The number of nitrogens with zero attached hydrogens (tertiary/aromatic N) is 5. The molecule has 0 amide bonds. The van der Waals surface area contributed by atoms with E-state index in [0.29, 0.717) is 29.2 Å². The number of nitrogens with two attached hydrogens (primary N) is 1. The summed E-state index contributed by atoms with van der Waals surface area (Å²) in [6.45, 7) is 4.18. The molecule has 0 spiro atoms. The number of anilines is 1. The number of fused-ring (bicyclic) bond motifs is 1. The van der Waals surface area contributed by atoms with Gasteiger partial charge in [0.05, 0.1) is 5.39 Å². The van der Waals surface area contributed by atoms with Crippen LogP contribution in [0.4, 0.5) is 14.6 Å². The van der Waals surface area contributed by atoms with Crippen LogP contribution in [0.5, 0.6) is 11.5 Å². The molecule has 4 aromatic rings. The summed E-state index contributed by atoms with van der Waals surface area (Å²) in [6.07, 6.45) is 2.41. The lowest BCUT2D eigenvalue weighted by Crippen LogP contribution is -2.26. The Labute approximate surface area is 212 Å². The normalized spacial score (nSPS) is 21.1. The maximum Gasteiger partial charge on any atom is 0.163 e. The molecule has 3 atom stereocenters. The molecule has 4 heterocycles. The molecule has 37 heavy (non-hydrogen) atoms. The molecule has 2 N–H and O–H groups in total. The maximum atomic E-state index is 15.3. The zero-order valence-corrected chi connectivity index (χ0v) is 20.1. The Hall–Kier alpha value is -4.07.